The molecule has 0 fully saturated rings. The first-order valence-corrected chi connectivity index (χ1v) is 10.8. The van der Waals surface area contributed by atoms with Crippen LogP contribution in [0.25, 0.3) is 10.8 Å². The summed E-state index contributed by atoms with van der Waals surface area (Å²) in [6.45, 7) is 1.15. The van der Waals surface area contributed by atoms with Crippen LogP contribution in [0, 0.1) is 0 Å². The minimum Gasteiger partial charge on any atom is -0.492 e. The number of hydrogen-bond acceptors (Lipinski definition) is 4. The van der Waals surface area contributed by atoms with Crippen molar-refractivity contribution in [2.45, 2.75) is 19.3 Å². The summed E-state index contributed by atoms with van der Waals surface area (Å²) in [6, 6.07) is 28.5. The fourth-order valence-corrected chi connectivity index (χ4v) is 3.68. The molecule has 0 spiro atoms. The normalized spacial score (nSPS) is 10.8. The Morgan fingerprint density at radius 3 is 2.44 bits per heavy atom. The molecule has 0 aliphatic carbocycles. The number of aryl methyl sites for hydroxylation is 1. The van der Waals surface area contributed by atoms with Gasteiger partial charge in [0.15, 0.2) is 0 Å². The van der Waals surface area contributed by atoms with E-state index < -0.39 is 5.97 Å². The fourth-order valence-electron chi connectivity index (χ4n) is 3.68. The third-order valence-electron chi connectivity index (χ3n) is 5.33. The van der Waals surface area contributed by atoms with Crippen molar-refractivity contribution in [1.82, 2.24) is 4.98 Å². The molecule has 0 saturated carbocycles. The summed E-state index contributed by atoms with van der Waals surface area (Å²) in [5.74, 6) is 0.917. The van der Waals surface area contributed by atoms with Crippen LogP contribution in [0.4, 0.5) is 11.5 Å². The van der Waals surface area contributed by atoms with Gasteiger partial charge in [0.05, 0.1) is 6.54 Å². The van der Waals surface area contributed by atoms with E-state index in [1.54, 1.807) is 6.20 Å². The van der Waals surface area contributed by atoms with Gasteiger partial charge in [-0.25, -0.2) is 4.98 Å². The van der Waals surface area contributed by atoms with E-state index in [4.69, 9.17) is 9.84 Å². The molecule has 0 bridgehead atoms. The van der Waals surface area contributed by atoms with Crippen molar-refractivity contribution >= 4 is 28.2 Å². The van der Waals surface area contributed by atoms with E-state index in [0.29, 0.717) is 19.6 Å². The molecule has 1 heterocycles. The molecule has 0 atom stereocenters. The van der Waals surface area contributed by atoms with E-state index >= 15 is 0 Å². The quantitative estimate of drug-likeness (QED) is 0.344. The van der Waals surface area contributed by atoms with Gasteiger partial charge in [-0.1, -0.05) is 48.5 Å². The molecule has 0 saturated heterocycles. The van der Waals surface area contributed by atoms with Gasteiger partial charge in [-0.15, -0.1) is 0 Å². The number of ether oxygens (including phenoxy) is 1. The maximum absolute atomic E-state index is 10.7. The molecular weight excluding hydrogens is 400 g/mol. The van der Waals surface area contributed by atoms with Crippen molar-refractivity contribution in [3.8, 4) is 5.75 Å². The van der Waals surface area contributed by atoms with Crippen LogP contribution >= 0.6 is 0 Å². The highest BCUT2D eigenvalue weighted by atomic mass is 16.5. The van der Waals surface area contributed by atoms with Crippen LogP contribution in [-0.4, -0.2) is 29.2 Å². The third kappa shape index (κ3) is 5.64. The number of nitrogens with zero attached hydrogens (tertiary/aromatic N) is 2. The average Bonchev–Trinajstić information content (AvgIpc) is 2.83. The zero-order valence-corrected chi connectivity index (χ0v) is 17.9. The zero-order chi connectivity index (χ0) is 22.2. The summed E-state index contributed by atoms with van der Waals surface area (Å²) in [7, 11) is 0. The first-order chi connectivity index (χ1) is 15.7. The summed E-state index contributed by atoms with van der Waals surface area (Å²) >= 11 is 0. The second-order valence-corrected chi connectivity index (χ2v) is 7.61. The number of rotatable bonds is 10. The molecule has 3 aromatic carbocycles. The molecule has 162 valence electrons. The topological polar surface area (TPSA) is 62.7 Å². The molecular formula is C27H26N2O3. The van der Waals surface area contributed by atoms with Crippen LogP contribution in [0.15, 0.2) is 91.1 Å². The zero-order valence-electron chi connectivity index (χ0n) is 17.9. The molecule has 0 radical (unpaired) electrons. The number of carbonyl (C=O) groups is 1. The average molecular weight is 427 g/mol. The maximum Gasteiger partial charge on any atom is 0.303 e. The van der Waals surface area contributed by atoms with Gasteiger partial charge < -0.3 is 14.7 Å². The molecule has 0 unspecified atom stereocenters. The molecule has 0 aliphatic rings. The summed E-state index contributed by atoms with van der Waals surface area (Å²) in [5.41, 5.74) is 2.18. The van der Waals surface area contributed by atoms with E-state index in [-0.39, 0.29) is 6.42 Å². The van der Waals surface area contributed by atoms with Gasteiger partial charge in [-0.3, -0.25) is 4.79 Å². The minimum absolute atomic E-state index is 0.191. The third-order valence-corrected chi connectivity index (χ3v) is 5.33. The van der Waals surface area contributed by atoms with Crippen molar-refractivity contribution < 1.29 is 14.6 Å². The van der Waals surface area contributed by atoms with Crippen LogP contribution in [-0.2, 0) is 11.2 Å². The fraction of sp³-hybridized carbons (Fsp3) is 0.185. The standard InChI is InChI=1S/C27H26N2O3/c30-27(31)10-5-6-21-11-15-25(16-12-21)32-19-18-29(26-9-3-4-17-28-26)24-14-13-22-7-1-2-8-23(22)20-24/h1-4,7-9,11-17,20H,5-6,10,18-19H2,(H,30,31). The SMILES string of the molecule is O=C(O)CCCc1ccc(OCCN(c2ccc3ccccc3c2)c2ccccn2)cc1. The minimum atomic E-state index is -0.756. The van der Waals surface area contributed by atoms with Gasteiger partial charge in [0.2, 0.25) is 0 Å². The second-order valence-electron chi connectivity index (χ2n) is 7.61. The number of fused-ring (bicyclic) bond motifs is 1. The summed E-state index contributed by atoms with van der Waals surface area (Å²) < 4.78 is 6.00. The predicted octanol–water partition coefficient (Wildman–Crippen LogP) is 5.86. The monoisotopic (exact) mass is 426 g/mol. The van der Waals surface area contributed by atoms with E-state index in [0.717, 1.165) is 29.2 Å². The van der Waals surface area contributed by atoms with Crippen molar-refractivity contribution in [3.05, 3.63) is 96.7 Å². The van der Waals surface area contributed by atoms with Crippen LogP contribution < -0.4 is 9.64 Å². The summed E-state index contributed by atoms with van der Waals surface area (Å²) in [6.07, 6.45) is 3.38. The highest BCUT2D eigenvalue weighted by Gasteiger charge is 2.11. The second kappa shape index (κ2) is 10.4. The predicted molar refractivity (Wildman–Crippen MR) is 128 cm³/mol. The molecule has 4 rings (SSSR count). The lowest BCUT2D eigenvalue weighted by atomic mass is 10.1. The van der Waals surface area contributed by atoms with Crippen LogP contribution in [0.3, 0.4) is 0 Å². The first kappa shape index (κ1) is 21.4. The molecule has 5 nitrogen and oxygen atoms in total. The van der Waals surface area contributed by atoms with Crippen molar-refractivity contribution in [2.24, 2.45) is 0 Å². The Morgan fingerprint density at radius 2 is 1.69 bits per heavy atom. The number of aliphatic carboxylic acids is 1. The van der Waals surface area contributed by atoms with Crippen molar-refractivity contribution in [1.29, 1.82) is 0 Å². The largest absolute Gasteiger partial charge is 0.492 e. The van der Waals surface area contributed by atoms with Gasteiger partial charge in [0.1, 0.15) is 18.2 Å². The number of benzene rings is 3. The number of aromatic nitrogens is 1. The highest BCUT2D eigenvalue weighted by molar-refractivity contribution is 5.86. The number of pyridine rings is 1. The van der Waals surface area contributed by atoms with Crippen LogP contribution in [0.1, 0.15) is 18.4 Å². The van der Waals surface area contributed by atoms with Gasteiger partial charge in [0.25, 0.3) is 0 Å². The Hall–Kier alpha value is -3.86. The van der Waals surface area contributed by atoms with E-state index in [9.17, 15) is 4.79 Å². The van der Waals surface area contributed by atoms with Crippen molar-refractivity contribution in [3.63, 3.8) is 0 Å². The Balaban J connectivity index is 1.42. The Morgan fingerprint density at radius 1 is 0.906 bits per heavy atom. The molecule has 0 amide bonds. The summed E-state index contributed by atoms with van der Waals surface area (Å²) in [4.78, 5) is 17.4. The lowest BCUT2D eigenvalue weighted by Gasteiger charge is -2.24. The number of carboxylic acids is 1. The lowest BCUT2D eigenvalue weighted by Crippen LogP contribution is -2.24. The molecule has 0 aliphatic heterocycles. The van der Waals surface area contributed by atoms with Crippen molar-refractivity contribution in [2.75, 3.05) is 18.1 Å². The van der Waals surface area contributed by atoms with Gasteiger partial charge in [-0.2, -0.15) is 0 Å². The van der Waals surface area contributed by atoms with Crippen LogP contribution in [0.5, 0.6) is 5.75 Å². The molecule has 5 heteroatoms. The number of anilines is 2. The number of carboxylic acid groups (broad SMARTS) is 1. The number of hydrogen-bond donors (Lipinski definition) is 1. The molecule has 32 heavy (non-hydrogen) atoms. The van der Waals surface area contributed by atoms with E-state index in [2.05, 4.69) is 40.2 Å². The Bertz CT molecular complexity index is 1160. The van der Waals surface area contributed by atoms with Crippen LogP contribution in [0.2, 0.25) is 0 Å². The molecule has 1 aromatic heterocycles. The van der Waals surface area contributed by atoms with E-state index in [1.165, 1.54) is 10.8 Å². The smallest absolute Gasteiger partial charge is 0.303 e. The Kier molecular flexibility index (Phi) is 6.98. The van der Waals surface area contributed by atoms with E-state index in [1.807, 2.05) is 54.6 Å². The molecule has 1 N–H and O–H groups in total. The maximum atomic E-state index is 10.7. The molecule has 4 aromatic rings. The first-order valence-electron chi connectivity index (χ1n) is 10.8. The highest BCUT2D eigenvalue weighted by Crippen LogP contribution is 2.27. The lowest BCUT2D eigenvalue weighted by molar-refractivity contribution is -0.137. The van der Waals surface area contributed by atoms with Gasteiger partial charge in [-0.05, 0) is 65.6 Å². The van der Waals surface area contributed by atoms with Gasteiger partial charge >= 0.3 is 5.97 Å². The van der Waals surface area contributed by atoms with Gasteiger partial charge in [0, 0.05) is 18.3 Å². The summed E-state index contributed by atoms with van der Waals surface area (Å²) in [5, 5.41) is 11.2. The Labute approximate surface area is 187 Å².